The van der Waals surface area contributed by atoms with Gasteiger partial charge in [0.25, 0.3) is 5.91 Å². The van der Waals surface area contributed by atoms with Crippen molar-refractivity contribution >= 4 is 29.1 Å². The lowest BCUT2D eigenvalue weighted by Crippen LogP contribution is -2.25. The number of hydrogen-bond acceptors (Lipinski definition) is 2. The van der Waals surface area contributed by atoms with Crippen LogP contribution < -0.4 is 5.32 Å². The molecule has 0 radical (unpaired) electrons. The summed E-state index contributed by atoms with van der Waals surface area (Å²) in [5.74, 6) is -0.214. The molecule has 0 bridgehead atoms. The number of rotatable bonds is 6. The fourth-order valence-corrected chi connectivity index (χ4v) is 1.68. The first-order chi connectivity index (χ1) is 8.16. The molecular formula is C12H15Cl2NO2. The fraction of sp³-hybridized carbons (Fsp3) is 0.417. The van der Waals surface area contributed by atoms with Gasteiger partial charge < -0.3 is 10.1 Å². The normalized spacial score (nSPS) is 10.3. The summed E-state index contributed by atoms with van der Waals surface area (Å²) in [7, 11) is 0. The maximum atomic E-state index is 11.8. The Kier molecular flexibility index (Phi) is 6.34. The average Bonchev–Trinajstić information content (AvgIpc) is 2.32. The average molecular weight is 276 g/mol. The minimum Gasteiger partial charge on any atom is -0.382 e. The van der Waals surface area contributed by atoms with Crippen molar-refractivity contribution < 1.29 is 9.53 Å². The summed E-state index contributed by atoms with van der Waals surface area (Å²) in [6.07, 6.45) is 0.776. The fourth-order valence-electron chi connectivity index (χ4n) is 1.29. The van der Waals surface area contributed by atoms with Gasteiger partial charge in [0.2, 0.25) is 0 Å². The Hall–Kier alpha value is -0.770. The van der Waals surface area contributed by atoms with Gasteiger partial charge in [0.1, 0.15) is 0 Å². The summed E-state index contributed by atoms with van der Waals surface area (Å²) < 4.78 is 5.17. The zero-order chi connectivity index (χ0) is 12.7. The summed E-state index contributed by atoms with van der Waals surface area (Å²) in [6.45, 7) is 3.82. The molecule has 1 rings (SSSR count). The Morgan fingerprint density at radius 1 is 1.41 bits per heavy atom. The monoisotopic (exact) mass is 275 g/mol. The number of ether oxygens (including phenoxy) is 1. The van der Waals surface area contributed by atoms with Gasteiger partial charge in [0, 0.05) is 19.8 Å². The second kappa shape index (κ2) is 7.54. The first kappa shape index (κ1) is 14.3. The number of halogens is 2. The predicted octanol–water partition coefficient (Wildman–Crippen LogP) is 3.15. The predicted molar refractivity (Wildman–Crippen MR) is 69.9 cm³/mol. The van der Waals surface area contributed by atoms with E-state index in [0.29, 0.717) is 30.3 Å². The van der Waals surface area contributed by atoms with Gasteiger partial charge >= 0.3 is 0 Å². The lowest BCUT2D eigenvalue weighted by Gasteiger charge is -2.07. The highest BCUT2D eigenvalue weighted by Gasteiger charge is 2.11. The van der Waals surface area contributed by atoms with E-state index >= 15 is 0 Å². The summed E-state index contributed by atoms with van der Waals surface area (Å²) >= 11 is 11.8. The Morgan fingerprint density at radius 2 is 2.18 bits per heavy atom. The van der Waals surface area contributed by atoms with Crippen LogP contribution >= 0.6 is 23.2 Å². The van der Waals surface area contributed by atoms with E-state index in [2.05, 4.69) is 5.32 Å². The summed E-state index contributed by atoms with van der Waals surface area (Å²) in [4.78, 5) is 11.8. The summed E-state index contributed by atoms with van der Waals surface area (Å²) in [5, 5.41) is 3.44. The van der Waals surface area contributed by atoms with E-state index in [4.69, 9.17) is 27.9 Å². The second-order valence-electron chi connectivity index (χ2n) is 3.41. The first-order valence-electron chi connectivity index (χ1n) is 5.46. The molecule has 0 aliphatic heterocycles. The molecule has 94 valence electrons. The third-order valence-corrected chi connectivity index (χ3v) is 2.97. The van der Waals surface area contributed by atoms with Crippen molar-refractivity contribution in [1.82, 2.24) is 5.32 Å². The number of carbonyl (C=O) groups is 1. The quantitative estimate of drug-likeness (QED) is 0.810. The van der Waals surface area contributed by atoms with Gasteiger partial charge in [-0.3, -0.25) is 4.79 Å². The van der Waals surface area contributed by atoms with E-state index in [1.165, 1.54) is 0 Å². The molecule has 0 saturated heterocycles. The molecule has 1 aromatic carbocycles. The van der Waals surface area contributed by atoms with Crippen LogP contribution in [0, 0.1) is 0 Å². The third-order valence-electron chi connectivity index (χ3n) is 2.15. The van der Waals surface area contributed by atoms with Gasteiger partial charge in [-0.1, -0.05) is 29.3 Å². The molecule has 1 aromatic rings. The lowest BCUT2D eigenvalue weighted by molar-refractivity contribution is 0.0944. The van der Waals surface area contributed by atoms with E-state index in [9.17, 15) is 4.79 Å². The van der Waals surface area contributed by atoms with Crippen molar-refractivity contribution in [1.29, 1.82) is 0 Å². The molecule has 0 fully saturated rings. The van der Waals surface area contributed by atoms with Crippen molar-refractivity contribution in [2.45, 2.75) is 13.3 Å². The van der Waals surface area contributed by atoms with Gasteiger partial charge in [-0.2, -0.15) is 0 Å². The highest BCUT2D eigenvalue weighted by molar-refractivity contribution is 6.43. The largest absolute Gasteiger partial charge is 0.382 e. The zero-order valence-corrected chi connectivity index (χ0v) is 11.1. The smallest absolute Gasteiger partial charge is 0.252 e. The minimum atomic E-state index is -0.214. The van der Waals surface area contributed by atoms with Crippen molar-refractivity contribution in [3.05, 3.63) is 33.8 Å². The highest BCUT2D eigenvalue weighted by atomic mass is 35.5. The third kappa shape index (κ3) is 4.54. The lowest BCUT2D eigenvalue weighted by atomic mass is 10.2. The van der Waals surface area contributed by atoms with Gasteiger partial charge in [-0.25, -0.2) is 0 Å². The number of benzene rings is 1. The molecule has 5 heteroatoms. The molecule has 17 heavy (non-hydrogen) atoms. The van der Waals surface area contributed by atoms with Crippen LogP contribution in [0.15, 0.2) is 18.2 Å². The van der Waals surface area contributed by atoms with E-state index < -0.39 is 0 Å². The van der Waals surface area contributed by atoms with Crippen LogP contribution in [-0.4, -0.2) is 25.7 Å². The van der Waals surface area contributed by atoms with Crippen molar-refractivity contribution in [2.24, 2.45) is 0 Å². The van der Waals surface area contributed by atoms with E-state index in [1.807, 2.05) is 6.92 Å². The number of carbonyl (C=O) groups excluding carboxylic acids is 1. The second-order valence-corrected chi connectivity index (χ2v) is 4.19. The molecule has 1 N–H and O–H groups in total. The zero-order valence-electron chi connectivity index (χ0n) is 9.63. The Labute approximate surface area is 111 Å². The van der Waals surface area contributed by atoms with Crippen LogP contribution in [0.1, 0.15) is 23.7 Å². The molecular weight excluding hydrogens is 261 g/mol. The maximum absolute atomic E-state index is 11.8. The van der Waals surface area contributed by atoms with Crippen LogP contribution in [-0.2, 0) is 4.74 Å². The summed E-state index contributed by atoms with van der Waals surface area (Å²) in [6, 6.07) is 4.99. The number of nitrogens with one attached hydrogen (secondary N) is 1. The Bertz CT molecular complexity index is 383. The van der Waals surface area contributed by atoms with Gasteiger partial charge in [-0.05, 0) is 25.5 Å². The minimum absolute atomic E-state index is 0.214. The Balaban J connectivity index is 2.44. The number of amides is 1. The molecule has 0 heterocycles. The van der Waals surface area contributed by atoms with E-state index in [1.54, 1.807) is 18.2 Å². The Morgan fingerprint density at radius 3 is 2.88 bits per heavy atom. The first-order valence-corrected chi connectivity index (χ1v) is 6.22. The molecule has 0 spiro atoms. The molecule has 0 aromatic heterocycles. The van der Waals surface area contributed by atoms with E-state index in [-0.39, 0.29) is 10.9 Å². The van der Waals surface area contributed by atoms with Crippen LogP contribution in [0.2, 0.25) is 10.0 Å². The van der Waals surface area contributed by atoms with Crippen molar-refractivity contribution in [2.75, 3.05) is 19.8 Å². The van der Waals surface area contributed by atoms with E-state index in [0.717, 1.165) is 6.42 Å². The van der Waals surface area contributed by atoms with Gasteiger partial charge in [-0.15, -0.1) is 0 Å². The standard InChI is InChI=1S/C12H15Cl2NO2/c1-2-17-8-4-7-15-12(16)9-5-3-6-10(13)11(9)14/h3,5-6H,2,4,7-8H2,1H3,(H,15,16). The summed E-state index contributed by atoms with van der Waals surface area (Å²) in [5.41, 5.74) is 0.399. The topological polar surface area (TPSA) is 38.3 Å². The molecule has 1 amide bonds. The highest BCUT2D eigenvalue weighted by Crippen LogP contribution is 2.25. The molecule has 0 atom stereocenters. The number of hydrogen-bond donors (Lipinski definition) is 1. The van der Waals surface area contributed by atoms with Crippen LogP contribution in [0.5, 0.6) is 0 Å². The maximum Gasteiger partial charge on any atom is 0.252 e. The van der Waals surface area contributed by atoms with Crippen LogP contribution in [0.3, 0.4) is 0 Å². The van der Waals surface area contributed by atoms with Crippen LogP contribution in [0.25, 0.3) is 0 Å². The van der Waals surface area contributed by atoms with Crippen molar-refractivity contribution in [3.8, 4) is 0 Å². The molecule has 0 aliphatic rings. The molecule has 3 nitrogen and oxygen atoms in total. The van der Waals surface area contributed by atoms with Crippen molar-refractivity contribution in [3.63, 3.8) is 0 Å². The molecule has 0 unspecified atom stereocenters. The van der Waals surface area contributed by atoms with Gasteiger partial charge in [0.15, 0.2) is 0 Å². The van der Waals surface area contributed by atoms with Gasteiger partial charge in [0.05, 0.1) is 15.6 Å². The molecule has 0 saturated carbocycles. The SMILES string of the molecule is CCOCCCNC(=O)c1cccc(Cl)c1Cl. The van der Waals surface area contributed by atoms with Crippen LogP contribution in [0.4, 0.5) is 0 Å². The molecule has 0 aliphatic carbocycles.